The van der Waals surface area contributed by atoms with Gasteiger partial charge < -0.3 is 10.6 Å². The van der Waals surface area contributed by atoms with E-state index in [1.165, 1.54) is 0 Å². The van der Waals surface area contributed by atoms with E-state index in [1.807, 2.05) is 20.8 Å². The fraction of sp³-hybridized carbons (Fsp3) is 0.900. The van der Waals surface area contributed by atoms with Gasteiger partial charge in [-0.25, -0.2) is 4.79 Å². The van der Waals surface area contributed by atoms with Crippen LogP contribution in [-0.4, -0.2) is 19.1 Å². The van der Waals surface area contributed by atoms with Gasteiger partial charge in [-0.3, -0.25) is 0 Å². The van der Waals surface area contributed by atoms with Gasteiger partial charge in [0.05, 0.1) is 5.41 Å². The summed E-state index contributed by atoms with van der Waals surface area (Å²) in [5.74, 6) is -0.226. The van der Waals surface area contributed by atoms with Crippen molar-refractivity contribution in [3.8, 4) is 0 Å². The highest BCUT2D eigenvalue weighted by atomic mass is 16.7. The predicted molar refractivity (Wildman–Crippen MR) is 56.5 cm³/mol. The monoisotopic (exact) mass is 202 g/mol. The van der Waals surface area contributed by atoms with Gasteiger partial charge in [-0.15, -0.1) is 0 Å². The Morgan fingerprint density at radius 2 is 1.93 bits per heavy atom. The van der Waals surface area contributed by atoms with Gasteiger partial charge in [-0.05, 0) is 40.2 Å². The van der Waals surface area contributed by atoms with Crippen LogP contribution in [0.1, 0.15) is 40.0 Å². The number of hydroxylamine groups is 1. The molecule has 0 aliphatic rings. The molecule has 0 aromatic rings. The van der Waals surface area contributed by atoms with E-state index in [9.17, 15) is 4.79 Å². The summed E-state index contributed by atoms with van der Waals surface area (Å²) in [6.45, 7) is 6.89. The molecule has 4 nitrogen and oxygen atoms in total. The molecule has 0 unspecified atom stereocenters. The molecule has 14 heavy (non-hydrogen) atoms. The Morgan fingerprint density at radius 3 is 2.43 bits per heavy atom. The lowest BCUT2D eigenvalue weighted by Gasteiger charge is -2.16. The number of nitrogens with two attached hydrogens (primary N) is 1. The second-order valence-corrected chi connectivity index (χ2v) is 4.38. The lowest BCUT2D eigenvalue weighted by molar-refractivity contribution is -0.160. The first-order valence-electron chi connectivity index (χ1n) is 5.12. The maximum absolute atomic E-state index is 11.2. The van der Waals surface area contributed by atoms with Crippen LogP contribution in [0.2, 0.25) is 0 Å². The topological polar surface area (TPSA) is 64.3 Å². The number of unbranched alkanes of at least 4 members (excludes halogenated alkanes) is 2. The summed E-state index contributed by atoms with van der Waals surface area (Å²) in [6.07, 6.45) is 3.07. The van der Waals surface area contributed by atoms with Crippen molar-refractivity contribution in [2.75, 3.05) is 13.1 Å². The van der Waals surface area contributed by atoms with Crippen LogP contribution in [0.3, 0.4) is 0 Å². The summed E-state index contributed by atoms with van der Waals surface area (Å²) < 4.78 is 0. The van der Waals surface area contributed by atoms with Gasteiger partial charge in [-0.1, -0.05) is 6.42 Å². The maximum atomic E-state index is 11.2. The molecule has 0 radical (unpaired) electrons. The van der Waals surface area contributed by atoms with Gasteiger partial charge in [0.25, 0.3) is 0 Å². The Balaban J connectivity index is 3.33. The van der Waals surface area contributed by atoms with Crippen LogP contribution in [0, 0.1) is 5.41 Å². The first-order chi connectivity index (χ1) is 6.48. The molecule has 4 heteroatoms. The molecule has 0 aliphatic carbocycles. The summed E-state index contributed by atoms with van der Waals surface area (Å²) >= 11 is 0. The van der Waals surface area contributed by atoms with Crippen LogP contribution in [0.25, 0.3) is 0 Å². The fourth-order valence-corrected chi connectivity index (χ4v) is 0.788. The minimum absolute atomic E-state index is 0.226. The minimum atomic E-state index is -0.440. The fourth-order valence-electron chi connectivity index (χ4n) is 0.788. The third-order valence-corrected chi connectivity index (χ3v) is 1.76. The van der Waals surface area contributed by atoms with E-state index in [0.29, 0.717) is 6.54 Å². The molecule has 0 saturated carbocycles. The first kappa shape index (κ1) is 13.4. The SMILES string of the molecule is CC(C)(C)C(=O)ONCCCCCN. The van der Waals surface area contributed by atoms with Gasteiger partial charge >= 0.3 is 5.97 Å². The lowest BCUT2D eigenvalue weighted by atomic mass is 9.98. The van der Waals surface area contributed by atoms with Crippen LogP contribution in [-0.2, 0) is 9.63 Å². The molecule has 0 amide bonds. The van der Waals surface area contributed by atoms with E-state index < -0.39 is 5.41 Å². The van der Waals surface area contributed by atoms with E-state index in [2.05, 4.69) is 5.48 Å². The van der Waals surface area contributed by atoms with Crippen molar-refractivity contribution in [3.63, 3.8) is 0 Å². The van der Waals surface area contributed by atoms with Crippen LogP contribution >= 0.6 is 0 Å². The van der Waals surface area contributed by atoms with Crippen molar-refractivity contribution in [2.24, 2.45) is 11.1 Å². The Labute approximate surface area is 86.1 Å². The summed E-state index contributed by atoms with van der Waals surface area (Å²) in [4.78, 5) is 16.1. The molecule has 0 aromatic carbocycles. The van der Waals surface area contributed by atoms with Gasteiger partial charge in [0.1, 0.15) is 0 Å². The normalized spacial score (nSPS) is 11.4. The van der Waals surface area contributed by atoms with E-state index in [1.54, 1.807) is 0 Å². The third-order valence-electron chi connectivity index (χ3n) is 1.76. The van der Waals surface area contributed by atoms with E-state index >= 15 is 0 Å². The molecule has 0 spiro atoms. The van der Waals surface area contributed by atoms with E-state index in [-0.39, 0.29) is 5.97 Å². The molecule has 0 atom stereocenters. The first-order valence-corrected chi connectivity index (χ1v) is 5.12. The number of carbonyl (C=O) groups excluding carboxylic acids is 1. The highest BCUT2D eigenvalue weighted by molar-refractivity contribution is 5.75. The van der Waals surface area contributed by atoms with Crippen LogP contribution in [0.15, 0.2) is 0 Å². The number of nitrogens with one attached hydrogen (secondary N) is 1. The van der Waals surface area contributed by atoms with Gasteiger partial charge in [0, 0.05) is 6.54 Å². The Hall–Kier alpha value is -0.610. The summed E-state index contributed by atoms with van der Waals surface area (Å²) in [5, 5.41) is 0. The second-order valence-electron chi connectivity index (χ2n) is 4.38. The Bertz CT molecular complexity index is 164. The van der Waals surface area contributed by atoms with Crippen molar-refractivity contribution in [1.82, 2.24) is 5.48 Å². The highest BCUT2D eigenvalue weighted by Crippen LogP contribution is 2.13. The molecular weight excluding hydrogens is 180 g/mol. The average Bonchev–Trinajstić information content (AvgIpc) is 2.09. The molecular formula is C10H22N2O2. The van der Waals surface area contributed by atoms with Crippen molar-refractivity contribution in [2.45, 2.75) is 40.0 Å². The minimum Gasteiger partial charge on any atom is -0.370 e. The van der Waals surface area contributed by atoms with Crippen molar-refractivity contribution in [1.29, 1.82) is 0 Å². The zero-order valence-electron chi connectivity index (χ0n) is 9.43. The smallest absolute Gasteiger partial charge is 0.329 e. The Kier molecular flexibility index (Phi) is 6.49. The van der Waals surface area contributed by atoms with Crippen molar-refractivity contribution in [3.05, 3.63) is 0 Å². The van der Waals surface area contributed by atoms with Crippen LogP contribution < -0.4 is 11.2 Å². The molecule has 0 rings (SSSR count). The lowest BCUT2D eigenvalue weighted by Crippen LogP contribution is -2.30. The maximum Gasteiger partial charge on any atom is 0.329 e. The summed E-state index contributed by atoms with van der Waals surface area (Å²) in [6, 6.07) is 0. The van der Waals surface area contributed by atoms with Crippen molar-refractivity contribution >= 4 is 5.97 Å². The molecule has 0 heterocycles. The summed E-state index contributed by atoms with van der Waals surface area (Å²) in [7, 11) is 0. The zero-order chi connectivity index (χ0) is 11.0. The molecule has 0 saturated heterocycles. The zero-order valence-corrected chi connectivity index (χ0v) is 9.43. The van der Waals surface area contributed by atoms with Crippen molar-refractivity contribution < 1.29 is 9.63 Å². The molecule has 84 valence electrons. The highest BCUT2D eigenvalue weighted by Gasteiger charge is 2.23. The van der Waals surface area contributed by atoms with Crippen LogP contribution in [0.5, 0.6) is 0 Å². The second kappa shape index (κ2) is 6.79. The molecule has 0 aromatic heterocycles. The van der Waals surface area contributed by atoms with E-state index in [0.717, 1.165) is 25.8 Å². The molecule has 3 N–H and O–H groups in total. The average molecular weight is 202 g/mol. The number of hydrogen-bond acceptors (Lipinski definition) is 4. The van der Waals surface area contributed by atoms with E-state index in [4.69, 9.17) is 10.6 Å². The molecule has 0 aliphatic heterocycles. The Morgan fingerprint density at radius 1 is 1.29 bits per heavy atom. The molecule has 0 fully saturated rings. The van der Waals surface area contributed by atoms with Gasteiger partial charge in [-0.2, -0.15) is 5.48 Å². The van der Waals surface area contributed by atoms with Crippen LogP contribution in [0.4, 0.5) is 0 Å². The number of rotatable bonds is 6. The predicted octanol–water partition coefficient (Wildman–Crippen LogP) is 1.21. The van der Waals surface area contributed by atoms with Gasteiger partial charge in [0.2, 0.25) is 0 Å². The quantitative estimate of drug-likeness (QED) is 0.502. The largest absolute Gasteiger partial charge is 0.370 e. The molecule has 0 bridgehead atoms. The summed E-state index contributed by atoms with van der Waals surface area (Å²) in [5.41, 5.74) is 7.56. The number of carbonyl (C=O) groups is 1. The standard InChI is InChI=1S/C10H22N2O2/c1-10(2,3)9(13)14-12-8-6-4-5-7-11/h12H,4-8,11H2,1-3H3. The van der Waals surface area contributed by atoms with Gasteiger partial charge in [0.15, 0.2) is 0 Å². The third kappa shape index (κ3) is 6.86. The number of hydrogen-bond donors (Lipinski definition) is 2.